The van der Waals surface area contributed by atoms with Crippen LogP contribution in [0.4, 0.5) is 11.8 Å². The molecule has 1 atom stereocenters. The van der Waals surface area contributed by atoms with Crippen molar-refractivity contribution in [3.8, 4) is 11.3 Å². The van der Waals surface area contributed by atoms with Crippen LogP contribution in [-0.2, 0) is 6.54 Å². The first-order chi connectivity index (χ1) is 12.2. The summed E-state index contributed by atoms with van der Waals surface area (Å²) in [5, 5.41) is 15.7. The van der Waals surface area contributed by atoms with E-state index in [9.17, 15) is 5.11 Å². The lowest BCUT2D eigenvalue weighted by molar-refractivity contribution is 0.281. The third kappa shape index (κ3) is 4.74. The van der Waals surface area contributed by atoms with Gasteiger partial charge in [0.25, 0.3) is 0 Å². The number of benzene rings is 1. The standard InChI is InChI=1S/C19H21N5O/c1-14(13-25)22-19-23-17(16-7-9-20-10-8-16)11-18(24-19)21-12-15-5-3-2-4-6-15/h2-11,14,25H,12-13H2,1H3,(H2,21,22,23,24)/t14-/m1/s1. The Morgan fingerprint density at radius 3 is 2.52 bits per heavy atom. The molecular formula is C19H21N5O. The van der Waals surface area contributed by atoms with Gasteiger partial charge in [-0.3, -0.25) is 4.98 Å². The molecule has 3 N–H and O–H groups in total. The fourth-order valence-corrected chi connectivity index (χ4v) is 2.33. The van der Waals surface area contributed by atoms with Crippen LogP contribution in [0.3, 0.4) is 0 Å². The monoisotopic (exact) mass is 335 g/mol. The van der Waals surface area contributed by atoms with Crippen molar-refractivity contribution in [2.45, 2.75) is 19.5 Å². The molecule has 0 unspecified atom stereocenters. The van der Waals surface area contributed by atoms with Crippen LogP contribution in [-0.4, -0.2) is 32.7 Å². The maximum absolute atomic E-state index is 9.26. The molecule has 3 aromatic rings. The van der Waals surface area contributed by atoms with E-state index >= 15 is 0 Å². The van der Waals surface area contributed by atoms with Crippen LogP contribution < -0.4 is 10.6 Å². The highest BCUT2D eigenvalue weighted by Gasteiger charge is 2.09. The lowest BCUT2D eigenvalue weighted by Gasteiger charge is -2.14. The molecule has 0 saturated heterocycles. The van der Waals surface area contributed by atoms with Gasteiger partial charge in [-0.15, -0.1) is 0 Å². The lowest BCUT2D eigenvalue weighted by atomic mass is 10.2. The summed E-state index contributed by atoms with van der Waals surface area (Å²) in [7, 11) is 0. The third-order valence-electron chi connectivity index (χ3n) is 3.67. The van der Waals surface area contributed by atoms with Gasteiger partial charge in [0.2, 0.25) is 5.95 Å². The molecular weight excluding hydrogens is 314 g/mol. The number of nitrogens with one attached hydrogen (secondary N) is 2. The first-order valence-corrected chi connectivity index (χ1v) is 8.19. The van der Waals surface area contributed by atoms with E-state index in [2.05, 4.69) is 37.7 Å². The highest BCUT2D eigenvalue weighted by molar-refractivity contribution is 5.64. The Morgan fingerprint density at radius 2 is 1.80 bits per heavy atom. The Balaban J connectivity index is 1.86. The average Bonchev–Trinajstić information content (AvgIpc) is 2.67. The smallest absolute Gasteiger partial charge is 0.225 e. The maximum atomic E-state index is 9.26. The SMILES string of the molecule is C[C@H](CO)Nc1nc(NCc2ccccc2)cc(-c2ccncc2)n1. The quantitative estimate of drug-likeness (QED) is 0.616. The molecule has 0 fully saturated rings. The van der Waals surface area contributed by atoms with Gasteiger partial charge in [-0.25, -0.2) is 4.98 Å². The third-order valence-corrected chi connectivity index (χ3v) is 3.67. The molecule has 2 aromatic heterocycles. The number of aromatic nitrogens is 3. The van der Waals surface area contributed by atoms with Gasteiger partial charge >= 0.3 is 0 Å². The van der Waals surface area contributed by atoms with E-state index in [1.165, 1.54) is 5.56 Å². The number of pyridine rings is 1. The molecule has 0 radical (unpaired) electrons. The number of hydrogen-bond donors (Lipinski definition) is 3. The molecule has 25 heavy (non-hydrogen) atoms. The van der Waals surface area contributed by atoms with Gasteiger partial charge in [0, 0.05) is 36.6 Å². The molecule has 6 nitrogen and oxygen atoms in total. The molecule has 0 bridgehead atoms. The molecule has 0 amide bonds. The second-order valence-electron chi connectivity index (χ2n) is 5.77. The molecule has 3 rings (SSSR count). The van der Waals surface area contributed by atoms with Crippen molar-refractivity contribution in [1.29, 1.82) is 0 Å². The summed E-state index contributed by atoms with van der Waals surface area (Å²) in [5.41, 5.74) is 2.92. The summed E-state index contributed by atoms with van der Waals surface area (Å²) in [6, 6.07) is 15.7. The van der Waals surface area contributed by atoms with E-state index < -0.39 is 0 Å². The highest BCUT2D eigenvalue weighted by atomic mass is 16.3. The summed E-state index contributed by atoms with van der Waals surface area (Å²) in [6.45, 7) is 2.55. The first-order valence-electron chi connectivity index (χ1n) is 8.19. The summed E-state index contributed by atoms with van der Waals surface area (Å²) >= 11 is 0. The Labute approximate surface area is 147 Å². The van der Waals surface area contributed by atoms with Crippen LogP contribution in [0.2, 0.25) is 0 Å². The van der Waals surface area contributed by atoms with Crippen molar-refractivity contribution >= 4 is 11.8 Å². The number of aliphatic hydroxyl groups is 1. The van der Waals surface area contributed by atoms with E-state index in [4.69, 9.17) is 0 Å². The van der Waals surface area contributed by atoms with Gasteiger partial charge in [0.05, 0.1) is 12.3 Å². The lowest BCUT2D eigenvalue weighted by Crippen LogP contribution is -2.21. The molecule has 0 aliphatic rings. The number of hydrogen-bond acceptors (Lipinski definition) is 6. The summed E-state index contributed by atoms with van der Waals surface area (Å²) in [6.07, 6.45) is 3.47. The zero-order valence-electron chi connectivity index (χ0n) is 14.1. The average molecular weight is 335 g/mol. The Hall–Kier alpha value is -2.99. The van der Waals surface area contributed by atoms with Crippen molar-refractivity contribution in [2.24, 2.45) is 0 Å². The number of rotatable bonds is 7. The van der Waals surface area contributed by atoms with Gasteiger partial charge in [0.15, 0.2) is 0 Å². The van der Waals surface area contributed by atoms with Gasteiger partial charge in [-0.2, -0.15) is 4.98 Å². The number of nitrogens with zero attached hydrogens (tertiary/aromatic N) is 3. The first kappa shape index (κ1) is 16.9. The van der Waals surface area contributed by atoms with Crippen LogP contribution in [0.1, 0.15) is 12.5 Å². The molecule has 2 heterocycles. The van der Waals surface area contributed by atoms with E-state index in [0.717, 1.165) is 17.1 Å². The minimum Gasteiger partial charge on any atom is -0.394 e. The number of anilines is 2. The highest BCUT2D eigenvalue weighted by Crippen LogP contribution is 2.21. The fraction of sp³-hybridized carbons (Fsp3) is 0.211. The van der Waals surface area contributed by atoms with Crippen molar-refractivity contribution in [3.05, 3.63) is 66.5 Å². The summed E-state index contributed by atoms with van der Waals surface area (Å²) in [5.74, 6) is 1.20. The zero-order chi connectivity index (χ0) is 17.5. The minimum atomic E-state index is -0.130. The summed E-state index contributed by atoms with van der Waals surface area (Å²) in [4.78, 5) is 13.1. The topological polar surface area (TPSA) is 83.0 Å². The predicted octanol–water partition coefficient (Wildman–Crippen LogP) is 2.94. The van der Waals surface area contributed by atoms with Crippen molar-refractivity contribution in [1.82, 2.24) is 15.0 Å². The van der Waals surface area contributed by atoms with E-state index in [1.54, 1.807) is 12.4 Å². The second-order valence-corrected chi connectivity index (χ2v) is 5.77. The largest absolute Gasteiger partial charge is 0.394 e. The van der Waals surface area contributed by atoms with E-state index in [1.807, 2.05) is 43.3 Å². The molecule has 0 saturated carbocycles. The van der Waals surface area contributed by atoms with Gasteiger partial charge in [-0.05, 0) is 24.6 Å². The van der Waals surface area contributed by atoms with Gasteiger partial charge in [-0.1, -0.05) is 30.3 Å². The molecule has 0 spiro atoms. The van der Waals surface area contributed by atoms with Crippen molar-refractivity contribution in [2.75, 3.05) is 17.2 Å². The second kappa shape index (κ2) is 8.21. The fourth-order valence-electron chi connectivity index (χ4n) is 2.33. The predicted molar refractivity (Wildman–Crippen MR) is 99.2 cm³/mol. The molecule has 0 aliphatic heterocycles. The Morgan fingerprint density at radius 1 is 1.04 bits per heavy atom. The normalized spacial score (nSPS) is 11.8. The van der Waals surface area contributed by atoms with E-state index in [-0.39, 0.29) is 12.6 Å². The molecule has 6 heteroatoms. The summed E-state index contributed by atoms with van der Waals surface area (Å²) < 4.78 is 0. The van der Waals surface area contributed by atoms with Crippen LogP contribution in [0.15, 0.2) is 60.9 Å². The van der Waals surface area contributed by atoms with E-state index in [0.29, 0.717) is 12.5 Å². The van der Waals surface area contributed by atoms with Crippen LogP contribution >= 0.6 is 0 Å². The van der Waals surface area contributed by atoms with Crippen molar-refractivity contribution in [3.63, 3.8) is 0 Å². The molecule has 0 aliphatic carbocycles. The molecule has 1 aromatic carbocycles. The van der Waals surface area contributed by atoms with Crippen LogP contribution in [0, 0.1) is 0 Å². The van der Waals surface area contributed by atoms with Crippen LogP contribution in [0.25, 0.3) is 11.3 Å². The Kier molecular flexibility index (Phi) is 5.53. The maximum Gasteiger partial charge on any atom is 0.225 e. The molecule has 128 valence electrons. The minimum absolute atomic E-state index is 0.00955. The van der Waals surface area contributed by atoms with Crippen LogP contribution in [0.5, 0.6) is 0 Å². The Bertz CT molecular complexity index is 795. The van der Waals surface area contributed by atoms with Gasteiger partial charge < -0.3 is 15.7 Å². The van der Waals surface area contributed by atoms with Crippen molar-refractivity contribution < 1.29 is 5.11 Å². The zero-order valence-corrected chi connectivity index (χ0v) is 14.1. The number of aliphatic hydroxyl groups excluding tert-OH is 1. The van der Waals surface area contributed by atoms with Gasteiger partial charge in [0.1, 0.15) is 5.82 Å².